The summed E-state index contributed by atoms with van der Waals surface area (Å²) in [6, 6.07) is 15.3. The summed E-state index contributed by atoms with van der Waals surface area (Å²) in [5, 5.41) is 11.3. The van der Waals surface area contributed by atoms with Gasteiger partial charge in [0.05, 0.1) is 28.9 Å². The minimum atomic E-state index is -0.897. The molecular weight excluding hydrogens is 452 g/mol. The summed E-state index contributed by atoms with van der Waals surface area (Å²) in [4.78, 5) is 32.9. The molecule has 0 spiro atoms. The van der Waals surface area contributed by atoms with Gasteiger partial charge in [-0.05, 0) is 60.9 Å². The molecule has 0 fully saturated rings. The molecule has 0 unspecified atom stereocenters. The number of ketones is 1. The maximum atomic E-state index is 13.4. The van der Waals surface area contributed by atoms with Gasteiger partial charge in [0, 0.05) is 0 Å². The fourth-order valence-electron chi connectivity index (χ4n) is 4.13. The topological polar surface area (TPSA) is 92.9 Å². The zero-order valence-electron chi connectivity index (χ0n) is 18.9. The number of aryl methyl sites for hydroxylation is 2. The van der Waals surface area contributed by atoms with Gasteiger partial charge in [-0.3, -0.25) is 14.5 Å². The van der Waals surface area contributed by atoms with Gasteiger partial charge in [0.1, 0.15) is 11.5 Å². The molecule has 0 radical (unpaired) electrons. The molecule has 1 amide bonds. The number of amides is 1. The molecule has 1 aliphatic rings. The number of furan rings is 1. The van der Waals surface area contributed by atoms with Crippen LogP contribution in [0.4, 0.5) is 5.13 Å². The molecule has 0 saturated carbocycles. The Labute approximate surface area is 199 Å². The highest BCUT2D eigenvalue weighted by Gasteiger charge is 2.46. The summed E-state index contributed by atoms with van der Waals surface area (Å²) in [7, 11) is 1.54. The normalized spacial score (nSPS) is 16.0. The van der Waals surface area contributed by atoms with Crippen LogP contribution in [-0.2, 0) is 11.2 Å². The monoisotopic (exact) mass is 474 g/mol. The Morgan fingerprint density at radius 1 is 1.21 bits per heavy atom. The van der Waals surface area contributed by atoms with Crippen LogP contribution in [0, 0.1) is 6.92 Å². The molecule has 4 aromatic rings. The molecule has 34 heavy (non-hydrogen) atoms. The molecule has 172 valence electrons. The molecule has 0 bridgehead atoms. The summed E-state index contributed by atoms with van der Waals surface area (Å²) < 4.78 is 11.8. The van der Waals surface area contributed by atoms with Gasteiger partial charge in [-0.15, -0.1) is 0 Å². The first-order valence-electron chi connectivity index (χ1n) is 10.8. The number of aliphatic hydroxyl groups excluding tert-OH is 1. The lowest BCUT2D eigenvalue weighted by Gasteiger charge is -2.24. The third-order valence-corrected chi connectivity index (χ3v) is 6.90. The van der Waals surface area contributed by atoms with Gasteiger partial charge in [0.15, 0.2) is 16.7 Å². The van der Waals surface area contributed by atoms with Crippen LogP contribution in [0.15, 0.2) is 70.3 Å². The minimum absolute atomic E-state index is 0.0542. The van der Waals surface area contributed by atoms with Gasteiger partial charge in [0.25, 0.3) is 5.91 Å². The lowest BCUT2D eigenvalue weighted by Crippen LogP contribution is -2.31. The molecule has 1 atom stereocenters. The lowest BCUT2D eigenvalue weighted by molar-refractivity contribution is -0.117. The molecule has 5 rings (SSSR count). The summed E-state index contributed by atoms with van der Waals surface area (Å²) in [5.74, 6) is -0.675. The van der Waals surface area contributed by atoms with Gasteiger partial charge in [-0.25, -0.2) is 4.98 Å². The van der Waals surface area contributed by atoms with Crippen molar-refractivity contribution in [2.24, 2.45) is 0 Å². The summed E-state index contributed by atoms with van der Waals surface area (Å²) in [6.07, 6.45) is 0.877. The van der Waals surface area contributed by atoms with Crippen molar-refractivity contribution in [3.8, 4) is 5.75 Å². The van der Waals surface area contributed by atoms with E-state index in [0.717, 1.165) is 22.2 Å². The van der Waals surface area contributed by atoms with Crippen LogP contribution in [-0.4, -0.2) is 28.9 Å². The quantitative estimate of drug-likeness (QED) is 0.368. The van der Waals surface area contributed by atoms with Crippen molar-refractivity contribution in [3.63, 3.8) is 0 Å². The van der Waals surface area contributed by atoms with Crippen molar-refractivity contribution in [1.82, 2.24) is 4.98 Å². The van der Waals surface area contributed by atoms with Crippen LogP contribution in [0.2, 0.25) is 0 Å². The van der Waals surface area contributed by atoms with Crippen molar-refractivity contribution in [2.75, 3.05) is 12.0 Å². The van der Waals surface area contributed by atoms with Crippen LogP contribution < -0.4 is 9.64 Å². The molecule has 0 saturated heterocycles. The summed E-state index contributed by atoms with van der Waals surface area (Å²) in [5.41, 5.74) is 2.46. The Bertz CT molecular complexity index is 1460. The molecule has 0 aliphatic carbocycles. The SMILES string of the molecule is CCc1ccc2nc(N3C(=O)C(O)=C(C(=O)c4ccc(C)o4)[C@@H]3c3cccc(OC)c3)sc2c1. The third kappa shape index (κ3) is 3.56. The van der Waals surface area contributed by atoms with Crippen molar-refractivity contribution in [3.05, 3.63) is 88.6 Å². The van der Waals surface area contributed by atoms with Gasteiger partial charge in [-0.1, -0.05) is 36.5 Å². The van der Waals surface area contributed by atoms with Crippen molar-refractivity contribution in [1.29, 1.82) is 0 Å². The average molecular weight is 475 g/mol. The van der Waals surface area contributed by atoms with Crippen LogP contribution in [0.1, 0.15) is 40.4 Å². The Morgan fingerprint density at radius 3 is 2.74 bits per heavy atom. The van der Waals surface area contributed by atoms with Gasteiger partial charge in [-0.2, -0.15) is 0 Å². The Kier molecular flexibility index (Phi) is 5.45. The summed E-state index contributed by atoms with van der Waals surface area (Å²) >= 11 is 1.34. The predicted molar refractivity (Wildman–Crippen MR) is 130 cm³/mol. The number of ether oxygens (including phenoxy) is 1. The number of nitrogens with zero attached hydrogens (tertiary/aromatic N) is 2. The highest BCUT2D eigenvalue weighted by atomic mass is 32.1. The molecule has 7 nitrogen and oxygen atoms in total. The van der Waals surface area contributed by atoms with Crippen molar-refractivity contribution < 1.29 is 23.8 Å². The van der Waals surface area contributed by atoms with E-state index in [-0.39, 0.29) is 11.3 Å². The average Bonchev–Trinajstić information content (AvgIpc) is 3.54. The number of rotatable bonds is 6. The van der Waals surface area contributed by atoms with E-state index in [1.807, 2.05) is 18.2 Å². The van der Waals surface area contributed by atoms with E-state index in [2.05, 4.69) is 11.9 Å². The first-order chi connectivity index (χ1) is 16.4. The number of anilines is 1. The number of hydrogen-bond donors (Lipinski definition) is 1. The number of aromatic nitrogens is 1. The number of hydrogen-bond acceptors (Lipinski definition) is 7. The maximum Gasteiger partial charge on any atom is 0.296 e. The maximum absolute atomic E-state index is 13.4. The summed E-state index contributed by atoms with van der Waals surface area (Å²) in [6.45, 7) is 3.80. The number of Topliss-reactive ketones (excluding diaryl/α,β-unsaturated/α-hetero) is 1. The van der Waals surface area contributed by atoms with Crippen LogP contribution in [0.3, 0.4) is 0 Å². The van der Waals surface area contributed by atoms with E-state index in [4.69, 9.17) is 9.15 Å². The van der Waals surface area contributed by atoms with E-state index < -0.39 is 23.5 Å². The number of aliphatic hydroxyl groups is 1. The second-order valence-corrected chi connectivity index (χ2v) is 9.02. The Morgan fingerprint density at radius 2 is 2.03 bits per heavy atom. The number of methoxy groups -OCH3 is 1. The van der Waals surface area contributed by atoms with E-state index in [0.29, 0.717) is 22.2 Å². The number of thiazole rings is 1. The highest BCUT2D eigenvalue weighted by molar-refractivity contribution is 7.22. The van der Waals surface area contributed by atoms with Crippen molar-refractivity contribution in [2.45, 2.75) is 26.3 Å². The minimum Gasteiger partial charge on any atom is -0.503 e. The fraction of sp³-hybridized carbons (Fsp3) is 0.192. The van der Waals surface area contributed by atoms with E-state index in [9.17, 15) is 14.7 Å². The second-order valence-electron chi connectivity index (χ2n) is 8.01. The van der Waals surface area contributed by atoms with Crippen LogP contribution in [0.25, 0.3) is 10.2 Å². The molecule has 8 heteroatoms. The molecular formula is C26H22N2O5S. The van der Waals surface area contributed by atoms with Crippen molar-refractivity contribution >= 4 is 38.4 Å². The fourth-order valence-corrected chi connectivity index (χ4v) is 5.19. The first kappa shape index (κ1) is 21.9. The van der Waals surface area contributed by atoms with E-state index >= 15 is 0 Å². The molecule has 2 aromatic carbocycles. The first-order valence-corrected chi connectivity index (χ1v) is 11.6. The van der Waals surface area contributed by atoms with Crippen LogP contribution in [0.5, 0.6) is 5.75 Å². The highest BCUT2D eigenvalue weighted by Crippen LogP contribution is 2.44. The molecule has 2 aromatic heterocycles. The van der Waals surface area contributed by atoms with Crippen LogP contribution >= 0.6 is 11.3 Å². The molecule has 1 aliphatic heterocycles. The number of carbonyl (C=O) groups is 2. The molecule has 1 N–H and O–H groups in total. The largest absolute Gasteiger partial charge is 0.503 e. The van der Waals surface area contributed by atoms with Gasteiger partial charge < -0.3 is 14.3 Å². The van der Waals surface area contributed by atoms with Gasteiger partial charge >= 0.3 is 0 Å². The zero-order chi connectivity index (χ0) is 24.0. The van der Waals surface area contributed by atoms with E-state index in [1.54, 1.807) is 44.4 Å². The third-order valence-electron chi connectivity index (χ3n) is 5.88. The van der Waals surface area contributed by atoms with E-state index in [1.165, 1.54) is 22.3 Å². The Balaban J connectivity index is 1.68. The predicted octanol–water partition coefficient (Wildman–Crippen LogP) is 5.55. The van der Waals surface area contributed by atoms with Gasteiger partial charge in [0.2, 0.25) is 5.78 Å². The second kappa shape index (κ2) is 8.46. The number of fused-ring (bicyclic) bond motifs is 1. The lowest BCUT2D eigenvalue weighted by atomic mass is 9.95. The standard InChI is InChI=1S/C26H22N2O5S/c1-4-15-9-10-18-20(12-15)34-26(27-18)28-22(16-6-5-7-17(13-16)32-3)21(24(30)25(28)31)23(29)19-11-8-14(2)33-19/h5-13,22,30H,4H2,1-3H3/t22-/m0/s1. The molecule has 3 heterocycles. The number of carbonyl (C=O) groups excluding carboxylic acids is 2. The smallest absolute Gasteiger partial charge is 0.296 e. The zero-order valence-corrected chi connectivity index (χ0v) is 19.7. The Hall–Kier alpha value is -3.91. The number of benzene rings is 2.